The Morgan fingerprint density at radius 1 is 1.56 bits per heavy atom. The van der Waals surface area contributed by atoms with Gasteiger partial charge in [-0.15, -0.1) is 0 Å². The second-order valence-electron chi connectivity index (χ2n) is 4.56. The van der Waals surface area contributed by atoms with Gasteiger partial charge in [0.25, 0.3) is 5.91 Å². The molecule has 0 radical (unpaired) electrons. The number of H-pyrrole nitrogens is 1. The number of ether oxygens (including phenoxy) is 1. The second-order valence-corrected chi connectivity index (χ2v) is 4.56. The molecule has 0 aliphatic heterocycles. The number of aromatic amines is 1. The maximum atomic E-state index is 12.0. The molecular weight excluding hydrogens is 234 g/mol. The average Bonchev–Trinajstić information content (AvgIpc) is 2.75. The van der Waals surface area contributed by atoms with Crippen LogP contribution in [0.1, 0.15) is 42.9 Å². The van der Waals surface area contributed by atoms with Crippen LogP contribution in [0, 0.1) is 6.92 Å². The number of aryl methyl sites for hydroxylation is 1. The van der Waals surface area contributed by atoms with Gasteiger partial charge in [-0.25, -0.2) is 0 Å². The molecule has 1 rings (SSSR count). The molecule has 0 fully saturated rings. The molecule has 0 aliphatic carbocycles. The molecule has 0 bridgehead atoms. The minimum atomic E-state index is -0.628. The minimum absolute atomic E-state index is 0.134. The Morgan fingerprint density at radius 3 is 2.67 bits per heavy atom. The Hall–Kier alpha value is -1.85. The van der Waals surface area contributed by atoms with Crippen molar-refractivity contribution in [1.82, 2.24) is 15.5 Å². The molecule has 2 N–H and O–H groups in total. The van der Waals surface area contributed by atoms with Crippen LogP contribution in [0.3, 0.4) is 0 Å². The number of hydrogen-bond donors (Lipinski definition) is 2. The van der Waals surface area contributed by atoms with E-state index in [0.29, 0.717) is 12.1 Å². The molecule has 1 aromatic rings. The van der Waals surface area contributed by atoms with Crippen molar-refractivity contribution in [2.24, 2.45) is 0 Å². The fraction of sp³-hybridized carbons (Fsp3) is 0.583. The number of nitrogens with zero attached hydrogens (tertiary/aromatic N) is 1. The van der Waals surface area contributed by atoms with Gasteiger partial charge in [-0.05, 0) is 26.3 Å². The zero-order valence-corrected chi connectivity index (χ0v) is 11.2. The first kappa shape index (κ1) is 14.2. The maximum Gasteiger partial charge on any atom is 0.307 e. The molecule has 1 atom stereocenters. The summed E-state index contributed by atoms with van der Waals surface area (Å²) in [6.07, 6.45) is 0.756. The first-order chi connectivity index (χ1) is 8.40. The van der Waals surface area contributed by atoms with Crippen molar-refractivity contribution in [3.63, 3.8) is 0 Å². The van der Waals surface area contributed by atoms with Crippen molar-refractivity contribution in [3.05, 3.63) is 17.5 Å². The summed E-state index contributed by atoms with van der Waals surface area (Å²) >= 11 is 0. The van der Waals surface area contributed by atoms with Crippen LogP contribution in [-0.2, 0) is 9.53 Å². The first-order valence-corrected chi connectivity index (χ1v) is 5.81. The van der Waals surface area contributed by atoms with Gasteiger partial charge in [0, 0.05) is 11.2 Å². The predicted octanol–water partition coefficient (Wildman–Crippen LogP) is 1.18. The van der Waals surface area contributed by atoms with Gasteiger partial charge in [0.05, 0.1) is 13.5 Å². The first-order valence-electron chi connectivity index (χ1n) is 5.81. The number of methoxy groups -OCH3 is 1. The molecule has 1 unspecified atom stereocenters. The molecule has 0 aromatic carbocycles. The van der Waals surface area contributed by atoms with Crippen molar-refractivity contribution in [2.45, 2.75) is 39.2 Å². The van der Waals surface area contributed by atoms with E-state index >= 15 is 0 Å². The van der Waals surface area contributed by atoms with E-state index < -0.39 is 5.54 Å². The van der Waals surface area contributed by atoms with E-state index in [-0.39, 0.29) is 18.3 Å². The van der Waals surface area contributed by atoms with Crippen LogP contribution in [0.5, 0.6) is 0 Å². The topological polar surface area (TPSA) is 84.1 Å². The Kier molecular flexibility index (Phi) is 4.47. The SMILES string of the molecule is CCC(C)(CC(=O)OC)NC(=O)c1cc(C)[nH]n1. The molecule has 1 heterocycles. The lowest BCUT2D eigenvalue weighted by atomic mass is 9.94. The molecule has 1 aromatic heterocycles. The number of aromatic nitrogens is 2. The number of nitrogens with one attached hydrogen (secondary N) is 2. The van der Waals surface area contributed by atoms with Gasteiger partial charge in [-0.2, -0.15) is 5.10 Å². The van der Waals surface area contributed by atoms with Crippen molar-refractivity contribution in [3.8, 4) is 0 Å². The van der Waals surface area contributed by atoms with Gasteiger partial charge in [0.15, 0.2) is 0 Å². The molecular formula is C12H19N3O3. The summed E-state index contributed by atoms with van der Waals surface area (Å²) in [5.74, 6) is -0.648. The Labute approximate surface area is 106 Å². The van der Waals surface area contributed by atoms with Crippen molar-refractivity contribution >= 4 is 11.9 Å². The van der Waals surface area contributed by atoms with Gasteiger partial charge in [-0.3, -0.25) is 14.7 Å². The predicted molar refractivity (Wildman–Crippen MR) is 66.1 cm³/mol. The third-order valence-corrected chi connectivity index (χ3v) is 2.90. The van der Waals surface area contributed by atoms with E-state index in [1.807, 2.05) is 13.8 Å². The highest BCUT2D eigenvalue weighted by Gasteiger charge is 2.29. The second kappa shape index (κ2) is 5.66. The van der Waals surface area contributed by atoms with E-state index in [9.17, 15) is 9.59 Å². The normalized spacial score (nSPS) is 13.8. The third kappa shape index (κ3) is 3.58. The number of carbonyl (C=O) groups is 2. The van der Waals surface area contributed by atoms with Crippen LogP contribution < -0.4 is 5.32 Å². The molecule has 6 heteroatoms. The number of rotatable bonds is 5. The van der Waals surface area contributed by atoms with E-state index in [1.165, 1.54) is 7.11 Å². The van der Waals surface area contributed by atoms with E-state index in [0.717, 1.165) is 5.69 Å². The number of amides is 1. The van der Waals surface area contributed by atoms with Crippen molar-refractivity contribution < 1.29 is 14.3 Å². The molecule has 0 spiro atoms. The molecule has 100 valence electrons. The fourth-order valence-corrected chi connectivity index (χ4v) is 1.52. The summed E-state index contributed by atoms with van der Waals surface area (Å²) in [6.45, 7) is 5.53. The summed E-state index contributed by atoms with van der Waals surface area (Å²) < 4.78 is 4.63. The van der Waals surface area contributed by atoms with Gasteiger partial charge in [0.2, 0.25) is 0 Å². The zero-order chi connectivity index (χ0) is 13.8. The lowest BCUT2D eigenvalue weighted by Crippen LogP contribution is -2.47. The smallest absolute Gasteiger partial charge is 0.307 e. The lowest BCUT2D eigenvalue weighted by molar-refractivity contribution is -0.142. The molecule has 0 aliphatic rings. The van der Waals surface area contributed by atoms with E-state index in [2.05, 4.69) is 20.3 Å². The Morgan fingerprint density at radius 2 is 2.22 bits per heavy atom. The van der Waals surface area contributed by atoms with Crippen molar-refractivity contribution in [1.29, 1.82) is 0 Å². The van der Waals surface area contributed by atoms with Crippen LogP contribution in [0.25, 0.3) is 0 Å². The number of hydrogen-bond acceptors (Lipinski definition) is 4. The summed E-state index contributed by atoms with van der Waals surface area (Å²) in [5.41, 5.74) is 0.500. The summed E-state index contributed by atoms with van der Waals surface area (Å²) in [7, 11) is 1.33. The summed E-state index contributed by atoms with van der Waals surface area (Å²) in [6, 6.07) is 1.66. The van der Waals surface area contributed by atoms with E-state index in [1.54, 1.807) is 13.0 Å². The minimum Gasteiger partial charge on any atom is -0.469 e. The highest BCUT2D eigenvalue weighted by atomic mass is 16.5. The summed E-state index contributed by atoms with van der Waals surface area (Å²) in [5, 5.41) is 9.40. The Bertz CT molecular complexity index is 442. The van der Waals surface area contributed by atoms with Gasteiger partial charge in [0.1, 0.15) is 5.69 Å². The number of esters is 1. The van der Waals surface area contributed by atoms with Crippen LogP contribution in [0.15, 0.2) is 6.07 Å². The third-order valence-electron chi connectivity index (χ3n) is 2.90. The molecule has 18 heavy (non-hydrogen) atoms. The molecule has 0 saturated heterocycles. The average molecular weight is 253 g/mol. The van der Waals surface area contributed by atoms with Crippen LogP contribution in [0.2, 0.25) is 0 Å². The lowest BCUT2D eigenvalue weighted by Gasteiger charge is -2.28. The monoisotopic (exact) mass is 253 g/mol. The highest BCUT2D eigenvalue weighted by molar-refractivity contribution is 5.93. The standard InChI is InChI=1S/C12H19N3O3/c1-5-12(3,7-10(16)18-4)13-11(17)9-6-8(2)14-15-9/h6H,5,7H2,1-4H3,(H,13,17)(H,14,15). The number of carbonyl (C=O) groups excluding carboxylic acids is 2. The summed E-state index contributed by atoms with van der Waals surface area (Å²) in [4.78, 5) is 23.3. The Balaban J connectivity index is 2.73. The highest BCUT2D eigenvalue weighted by Crippen LogP contribution is 2.16. The maximum absolute atomic E-state index is 12.0. The van der Waals surface area contributed by atoms with Gasteiger partial charge in [-0.1, -0.05) is 6.92 Å². The van der Waals surface area contributed by atoms with E-state index in [4.69, 9.17) is 0 Å². The van der Waals surface area contributed by atoms with Gasteiger partial charge >= 0.3 is 5.97 Å². The zero-order valence-electron chi connectivity index (χ0n) is 11.2. The van der Waals surface area contributed by atoms with Crippen LogP contribution in [0.4, 0.5) is 0 Å². The molecule has 1 amide bonds. The molecule has 6 nitrogen and oxygen atoms in total. The van der Waals surface area contributed by atoms with Crippen LogP contribution in [-0.4, -0.2) is 34.7 Å². The van der Waals surface area contributed by atoms with Crippen LogP contribution >= 0.6 is 0 Å². The molecule has 0 saturated carbocycles. The van der Waals surface area contributed by atoms with Crippen molar-refractivity contribution in [2.75, 3.05) is 7.11 Å². The fourth-order valence-electron chi connectivity index (χ4n) is 1.52. The van der Waals surface area contributed by atoms with Gasteiger partial charge < -0.3 is 10.1 Å². The largest absolute Gasteiger partial charge is 0.469 e. The quantitative estimate of drug-likeness (QED) is 0.772.